The maximum atomic E-state index is 13.4. The van der Waals surface area contributed by atoms with Gasteiger partial charge in [0.1, 0.15) is 11.4 Å². The van der Waals surface area contributed by atoms with Crippen LogP contribution < -0.4 is 4.74 Å². The summed E-state index contributed by atoms with van der Waals surface area (Å²) in [4.78, 5) is 30.2. The first kappa shape index (κ1) is 22.3. The van der Waals surface area contributed by atoms with Crippen molar-refractivity contribution >= 4 is 17.4 Å². The van der Waals surface area contributed by atoms with Gasteiger partial charge in [0, 0.05) is 33.4 Å². The normalized spacial score (nSPS) is 22.5. The van der Waals surface area contributed by atoms with E-state index in [-0.39, 0.29) is 17.9 Å². The van der Waals surface area contributed by atoms with E-state index in [2.05, 4.69) is 18.7 Å². The van der Waals surface area contributed by atoms with Gasteiger partial charge in [-0.2, -0.15) is 0 Å². The average molecular weight is 415 g/mol. The van der Waals surface area contributed by atoms with E-state index in [1.165, 1.54) is 4.90 Å². The van der Waals surface area contributed by atoms with Gasteiger partial charge < -0.3 is 14.4 Å². The molecule has 30 heavy (non-hydrogen) atoms. The molecule has 0 bridgehead atoms. The van der Waals surface area contributed by atoms with Crippen LogP contribution in [0.2, 0.25) is 0 Å². The largest absolute Gasteiger partial charge is 0.491 e. The molecule has 0 saturated carbocycles. The van der Waals surface area contributed by atoms with Crippen LogP contribution in [-0.2, 0) is 14.3 Å². The summed E-state index contributed by atoms with van der Waals surface area (Å²) in [5.41, 5.74) is 1.82. The number of hydrogen-bond acceptors (Lipinski definition) is 5. The van der Waals surface area contributed by atoms with E-state index in [9.17, 15) is 9.59 Å². The molecule has 2 amide bonds. The first-order chi connectivity index (χ1) is 14.3. The smallest absolute Gasteiger partial charge is 0.277 e. The fourth-order valence-corrected chi connectivity index (χ4v) is 4.50. The molecule has 1 aromatic carbocycles. The van der Waals surface area contributed by atoms with Crippen LogP contribution in [0.5, 0.6) is 5.75 Å². The standard InChI is InChI=1S/C24H34N2O4/c1-16(2)30-20-9-7-19(8-10-20)21-22(25-14-17(3)13-18(4)15-25)24(28)26(23(21)27)11-6-12-29-5/h7-10,16-18H,6,11-15H2,1-5H3. The van der Waals surface area contributed by atoms with Gasteiger partial charge in [-0.3, -0.25) is 14.5 Å². The number of piperidine rings is 1. The van der Waals surface area contributed by atoms with Crippen LogP contribution in [0.15, 0.2) is 30.0 Å². The summed E-state index contributed by atoms with van der Waals surface area (Å²) in [6, 6.07) is 7.50. The topological polar surface area (TPSA) is 59.1 Å². The number of ether oxygens (including phenoxy) is 2. The third kappa shape index (κ3) is 4.86. The van der Waals surface area contributed by atoms with Gasteiger partial charge in [-0.05, 0) is 56.2 Å². The molecule has 2 atom stereocenters. The number of nitrogens with zero attached hydrogens (tertiary/aromatic N) is 2. The van der Waals surface area contributed by atoms with E-state index < -0.39 is 0 Å². The van der Waals surface area contributed by atoms with Gasteiger partial charge in [0.25, 0.3) is 11.8 Å². The molecule has 0 aromatic heterocycles. The molecular formula is C24H34N2O4. The van der Waals surface area contributed by atoms with Crippen molar-refractivity contribution in [1.29, 1.82) is 0 Å². The molecule has 2 aliphatic rings. The first-order valence-corrected chi connectivity index (χ1v) is 10.9. The Bertz CT molecular complexity index is 790. The third-order valence-electron chi connectivity index (χ3n) is 5.57. The van der Waals surface area contributed by atoms with Crippen LogP contribution in [-0.4, -0.2) is 61.1 Å². The summed E-state index contributed by atoms with van der Waals surface area (Å²) >= 11 is 0. The van der Waals surface area contributed by atoms with E-state index in [4.69, 9.17) is 9.47 Å². The highest BCUT2D eigenvalue weighted by Gasteiger charge is 2.42. The predicted octanol–water partition coefficient (Wildman–Crippen LogP) is 3.57. The minimum atomic E-state index is -0.213. The lowest BCUT2D eigenvalue weighted by Gasteiger charge is -2.37. The van der Waals surface area contributed by atoms with E-state index in [1.54, 1.807) is 7.11 Å². The molecule has 0 N–H and O–H groups in total. The summed E-state index contributed by atoms with van der Waals surface area (Å²) in [5, 5.41) is 0. The van der Waals surface area contributed by atoms with Crippen LogP contribution in [0.1, 0.15) is 46.1 Å². The molecule has 0 spiro atoms. The van der Waals surface area contributed by atoms with Crippen molar-refractivity contribution in [3.8, 4) is 5.75 Å². The summed E-state index contributed by atoms with van der Waals surface area (Å²) in [7, 11) is 1.63. The van der Waals surface area contributed by atoms with E-state index >= 15 is 0 Å². The highest BCUT2D eigenvalue weighted by atomic mass is 16.5. The Morgan fingerprint density at radius 2 is 1.67 bits per heavy atom. The second kappa shape index (κ2) is 9.65. The van der Waals surface area contributed by atoms with Gasteiger partial charge in [0.2, 0.25) is 0 Å². The predicted molar refractivity (Wildman–Crippen MR) is 117 cm³/mol. The fraction of sp³-hybridized carbons (Fsp3) is 0.583. The second-order valence-corrected chi connectivity index (χ2v) is 8.87. The lowest BCUT2D eigenvalue weighted by molar-refractivity contribution is -0.137. The van der Waals surface area contributed by atoms with Crippen LogP contribution in [0.25, 0.3) is 5.57 Å². The molecule has 6 heteroatoms. The molecule has 6 nitrogen and oxygen atoms in total. The number of likely N-dealkylation sites (tertiary alicyclic amines) is 1. The molecule has 2 aliphatic heterocycles. The van der Waals surface area contributed by atoms with Crippen LogP contribution in [0, 0.1) is 11.8 Å². The average Bonchev–Trinajstić information content (AvgIpc) is 2.92. The third-order valence-corrected chi connectivity index (χ3v) is 5.57. The van der Waals surface area contributed by atoms with Crippen LogP contribution in [0.3, 0.4) is 0 Å². The van der Waals surface area contributed by atoms with E-state index in [1.807, 2.05) is 38.1 Å². The Morgan fingerprint density at radius 1 is 1.03 bits per heavy atom. The molecule has 1 saturated heterocycles. The Morgan fingerprint density at radius 3 is 2.23 bits per heavy atom. The summed E-state index contributed by atoms with van der Waals surface area (Å²) in [6.45, 7) is 10.8. The van der Waals surface area contributed by atoms with Crippen molar-refractivity contribution < 1.29 is 19.1 Å². The van der Waals surface area contributed by atoms with Gasteiger partial charge in [-0.1, -0.05) is 26.0 Å². The number of rotatable bonds is 8. The molecule has 1 fully saturated rings. The molecular weight excluding hydrogens is 380 g/mol. The van der Waals surface area contributed by atoms with Crippen LogP contribution in [0.4, 0.5) is 0 Å². The first-order valence-electron chi connectivity index (χ1n) is 10.9. The highest BCUT2D eigenvalue weighted by Crippen LogP contribution is 2.35. The maximum Gasteiger partial charge on any atom is 0.277 e. The number of imide groups is 1. The second-order valence-electron chi connectivity index (χ2n) is 8.87. The number of benzene rings is 1. The van der Waals surface area contributed by atoms with E-state index in [0.717, 1.165) is 30.8 Å². The van der Waals surface area contributed by atoms with Gasteiger partial charge >= 0.3 is 0 Å². The molecule has 1 aromatic rings. The van der Waals surface area contributed by atoms with Crippen molar-refractivity contribution in [2.75, 3.05) is 33.4 Å². The van der Waals surface area contributed by atoms with Crippen molar-refractivity contribution in [3.63, 3.8) is 0 Å². The number of amides is 2. The highest BCUT2D eigenvalue weighted by molar-refractivity contribution is 6.35. The molecule has 164 valence electrons. The Labute approximate surface area is 179 Å². The lowest BCUT2D eigenvalue weighted by atomic mass is 9.91. The zero-order chi connectivity index (χ0) is 21.8. The van der Waals surface area contributed by atoms with Gasteiger partial charge in [-0.15, -0.1) is 0 Å². The summed E-state index contributed by atoms with van der Waals surface area (Å²) in [6.07, 6.45) is 1.84. The number of hydrogen-bond donors (Lipinski definition) is 0. The molecule has 2 unspecified atom stereocenters. The van der Waals surface area contributed by atoms with Crippen LogP contribution >= 0.6 is 0 Å². The minimum Gasteiger partial charge on any atom is -0.491 e. The van der Waals surface area contributed by atoms with Crippen molar-refractivity contribution in [1.82, 2.24) is 9.80 Å². The zero-order valence-corrected chi connectivity index (χ0v) is 18.8. The molecule has 0 aliphatic carbocycles. The minimum absolute atomic E-state index is 0.0768. The fourth-order valence-electron chi connectivity index (χ4n) is 4.50. The monoisotopic (exact) mass is 414 g/mol. The summed E-state index contributed by atoms with van der Waals surface area (Å²) < 4.78 is 10.8. The van der Waals surface area contributed by atoms with Crippen molar-refractivity contribution in [2.24, 2.45) is 11.8 Å². The zero-order valence-electron chi connectivity index (χ0n) is 18.8. The quantitative estimate of drug-likeness (QED) is 0.481. The van der Waals surface area contributed by atoms with Crippen molar-refractivity contribution in [3.05, 3.63) is 35.5 Å². The molecule has 2 heterocycles. The molecule has 3 rings (SSSR count). The Balaban J connectivity index is 1.97. The summed E-state index contributed by atoms with van der Waals surface area (Å²) in [5.74, 6) is 1.32. The Hall–Kier alpha value is -2.34. The van der Waals surface area contributed by atoms with E-state index in [0.29, 0.717) is 42.7 Å². The number of carbonyl (C=O) groups is 2. The maximum absolute atomic E-state index is 13.4. The number of methoxy groups -OCH3 is 1. The Kier molecular flexibility index (Phi) is 7.19. The van der Waals surface area contributed by atoms with Gasteiger partial charge in [0.15, 0.2) is 0 Å². The molecule has 0 radical (unpaired) electrons. The van der Waals surface area contributed by atoms with Gasteiger partial charge in [0.05, 0.1) is 11.7 Å². The van der Waals surface area contributed by atoms with Crippen molar-refractivity contribution in [2.45, 2.75) is 46.6 Å². The van der Waals surface area contributed by atoms with Gasteiger partial charge in [-0.25, -0.2) is 0 Å². The SMILES string of the molecule is COCCCN1C(=O)C(c2ccc(OC(C)C)cc2)=C(N2CC(C)CC(C)C2)C1=O. The number of carbonyl (C=O) groups excluding carboxylic acids is 2. The lowest BCUT2D eigenvalue weighted by Crippen LogP contribution is -2.42.